The van der Waals surface area contributed by atoms with E-state index in [-0.39, 0.29) is 0 Å². The molecule has 9 heteroatoms. The van der Waals surface area contributed by atoms with Gasteiger partial charge in [0.1, 0.15) is 5.52 Å². The Labute approximate surface area is 191 Å². The summed E-state index contributed by atoms with van der Waals surface area (Å²) in [6, 6.07) is 5.68. The quantitative estimate of drug-likeness (QED) is 0.482. The molecular weight excluding hydrogens is 439 g/mol. The molecule has 0 amide bonds. The number of hydrogen-bond donors (Lipinski definition) is 1. The molecular formula is C22H24Cl2N4O3. The molecule has 0 unspecified atom stereocenters. The van der Waals surface area contributed by atoms with E-state index < -0.39 is 0 Å². The molecule has 1 aromatic carbocycles. The molecule has 0 radical (unpaired) electrons. The summed E-state index contributed by atoms with van der Waals surface area (Å²) in [6.45, 7) is 5.05. The van der Waals surface area contributed by atoms with Crippen molar-refractivity contribution < 1.29 is 14.2 Å². The minimum atomic E-state index is 0.436. The second-order valence-corrected chi connectivity index (χ2v) is 7.93. The highest BCUT2D eigenvalue weighted by Gasteiger charge is 2.16. The molecule has 1 fully saturated rings. The largest absolute Gasteiger partial charge is 0.493 e. The summed E-state index contributed by atoms with van der Waals surface area (Å²) in [5, 5.41) is 5.04. The maximum Gasteiger partial charge on any atom is 0.187 e. The van der Waals surface area contributed by atoms with Crippen LogP contribution in [-0.4, -0.2) is 61.4 Å². The van der Waals surface area contributed by atoms with Gasteiger partial charge >= 0.3 is 0 Å². The van der Waals surface area contributed by atoms with E-state index in [0.29, 0.717) is 39.4 Å². The number of nitrogens with zero attached hydrogens (tertiary/aromatic N) is 3. The summed E-state index contributed by atoms with van der Waals surface area (Å²) in [4.78, 5) is 10.9. The molecule has 164 valence electrons. The number of nitrogens with one attached hydrogen (secondary N) is 1. The number of methoxy groups -OCH3 is 1. The van der Waals surface area contributed by atoms with E-state index in [1.54, 1.807) is 25.7 Å². The first-order valence-corrected chi connectivity index (χ1v) is 10.9. The summed E-state index contributed by atoms with van der Waals surface area (Å²) >= 11 is 12.6. The van der Waals surface area contributed by atoms with E-state index in [2.05, 4.69) is 20.2 Å². The van der Waals surface area contributed by atoms with E-state index >= 15 is 0 Å². The lowest BCUT2D eigenvalue weighted by Crippen LogP contribution is -2.37. The maximum atomic E-state index is 6.28. The Balaban J connectivity index is 1.55. The first kappa shape index (κ1) is 21.9. The third kappa shape index (κ3) is 5.13. The van der Waals surface area contributed by atoms with Crippen molar-refractivity contribution in [2.75, 3.05) is 51.9 Å². The van der Waals surface area contributed by atoms with Crippen molar-refractivity contribution >= 4 is 45.5 Å². The van der Waals surface area contributed by atoms with Crippen LogP contribution in [0.4, 0.5) is 11.4 Å². The van der Waals surface area contributed by atoms with Crippen molar-refractivity contribution in [3.05, 3.63) is 46.8 Å². The van der Waals surface area contributed by atoms with Crippen LogP contribution in [0.1, 0.15) is 6.42 Å². The van der Waals surface area contributed by atoms with Crippen molar-refractivity contribution in [1.82, 2.24) is 14.9 Å². The van der Waals surface area contributed by atoms with Crippen molar-refractivity contribution in [2.24, 2.45) is 0 Å². The molecule has 3 aromatic rings. The summed E-state index contributed by atoms with van der Waals surface area (Å²) in [5.41, 5.74) is 2.10. The Morgan fingerprint density at radius 1 is 1.13 bits per heavy atom. The number of ether oxygens (including phenoxy) is 3. The van der Waals surface area contributed by atoms with Crippen molar-refractivity contribution in [2.45, 2.75) is 6.42 Å². The average Bonchev–Trinajstić information content (AvgIpc) is 2.80. The van der Waals surface area contributed by atoms with E-state index in [1.165, 1.54) is 0 Å². The smallest absolute Gasteiger partial charge is 0.187 e. The molecule has 4 rings (SSSR count). The summed E-state index contributed by atoms with van der Waals surface area (Å²) in [5.74, 6) is 1.26. The Hall–Kier alpha value is -2.32. The van der Waals surface area contributed by atoms with Gasteiger partial charge in [-0.05, 0) is 24.6 Å². The van der Waals surface area contributed by atoms with Crippen molar-refractivity contribution in [3.63, 3.8) is 0 Å². The van der Waals surface area contributed by atoms with Crippen molar-refractivity contribution in [3.8, 4) is 11.5 Å². The van der Waals surface area contributed by atoms with Gasteiger partial charge in [0.05, 0.1) is 42.7 Å². The first-order valence-electron chi connectivity index (χ1n) is 10.1. The molecule has 1 aliphatic rings. The number of rotatable bonds is 8. The summed E-state index contributed by atoms with van der Waals surface area (Å²) < 4.78 is 17.1. The van der Waals surface area contributed by atoms with Crippen LogP contribution in [0.5, 0.6) is 11.5 Å². The molecule has 1 aliphatic heterocycles. The van der Waals surface area contributed by atoms with Crippen molar-refractivity contribution in [1.29, 1.82) is 0 Å². The highest BCUT2D eigenvalue weighted by atomic mass is 35.5. The summed E-state index contributed by atoms with van der Waals surface area (Å²) in [7, 11) is 1.63. The third-order valence-corrected chi connectivity index (χ3v) is 5.71. The zero-order valence-electron chi connectivity index (χ0n) is 17.2. The van der Waals surface area contributed by atoms with Gasteiger partial charge in [-0.2, -0.15) is 0 Å². The maximum absolute atomic E-state index is 6.28. The van der Waals surface area contributed by atoms with Crippen LogP contribution < -0.4 is 14.8 Å². The Bertz CT molecular complexity index is 1020. The standard InChI is InChI=1S/C22H24Cl2N4O3/c1-29-19-4-3-15-18(27-21-16(23)13-25-14-17(21)24)5-6-26-20(15)22(19)31-10-2-7-28-8-11-30-12-9-28/h3-6,13-14H,2,7-12H2,1H3,(H,25,26,27). The number of pyridine rings is 2. The highest BCUT2D eigenvalue weighted by molar-refractivity contribution is 6.39. The van der Waals surface area contributed by atoms with Gasteiger partial charge in [-0.25, -0.2) is 0 Å². The van der Waals surface area contributed by atoms with E-state index in [0.717, 1.165) is 50.3 Å². The molecule has 0 saturated carbocycles. The Morgan fingerprint density at radius 2 is 1.90 bits per heavy atom. The fraction of sp³-hybridized carbons (Fsp3) is 0.364. The number of anilines is 2. The van der Waals surface area contributed by atoms with Crippen LogP contribution in [0.3, 0.4) is 0 Å². The van der Waals surface area contributed by atoms with Gasteiger partial charge < -0.3 is 19.5 Å². The fourth-order valence-corrected chi connectivity index (χ4v) is 4.00. The zero-order valence-corrected chi connectivity index (χ0v) is 18.7. The SMILES string of the molecule is COc1ccc2c(Nc3c(Cl)cncc3Cl)ccnc2c1OCCCN1CCOCC1. The summed E-state index contributed by atoms with van der Waals surface area (Å²) in [6.07, 6.45) is 5.71. The average molecular weight is 463 g/mol. The van der Waals surface area contributed by atoms with Crippen LogP contribution in [-0.2, 0) is 4.74 Å². The van der Waals surface area contributed by atoms with Gasteiger partial charge in [-0.1, -0.05) is 23.2 Å². The lowest BCUT2D eigenvalue weighted by molar-refractivity contribution is 0.0358. The van der Waals surface area contributed by atoms with Gasteiger partial charge in [0, 0.05) is 49.3 Å². The molecule has 31 heavy (non-hydrogen) atoms. The van der Waals surface area contributed by atoms with Crippen LogP contribution >= 0.6 is 23.2 Å². The molecule has 1 saturated heterocycles. The lowest BCUT2D eigenvalue weighted by atomic mass is 10.1. The van der Waals surface area contributed by atoms with Crippen LogP contribution in [0.2, 0.25) is 10.0 Å². The van der Waals surface area contributed by atoms with E-state index in [1.807, 2.05) is 18.2 Å². The molecule has 0 spiro atoms. The van der Waals surface area contributed by atoms with Crippen LogP contribution in [0, 0.1) is 0 Å². The third-order valence-electron chi connectivity index (χ3n) is 5.13. The van der Waals surface area contributed by atoms with Gasteiger partial charge in [-0.3, -0.25) is 14.9 Å². The minimum Gasteiger partial charge on any atom is -0.493 e. The van der Waals surface area contributed by atoms with Gasteiger partial charge in [0.25, 0.3) is 0 Å². The van der Waals surface area contributed by atoms with E-state index in [4.69, 9.17) is 37.4 Å². The number of aromatic nitrogens is 2. The molecule has 3 heterocycles. The van der Waals surface area contributed by atoms with Gasteiger partial charge in [-0.15, -0.1) is 0 Å². The fourth-order valence-electron chi connectivity index (χ4n) is 3.54. The van der Waals surface area contributed by atoms with Crippen LogP contribution in [0.25, 0.3) is 10.9 Å². The monoisotopic (exact) mass is 462 g/mol. The van der Waals surface area contributed by atoms with E-state index in [9.17, 15) is 0 Å². The highest BCUT2D eigenvalue weighted by Crippen LogP contribution is 2.39. The number of halogens is 2. The molecule has 2 aromatic heterocycles. The first-order chi connectivity index (χ1) is 15.2. The second-order valence-electron chi connectivity index (χ2n) is 7.11. The second kappa shape index (κ2) is 10.3. The number of fused-ring (bicyclic) bond motifs is 1. The topological polar surface area (TPSA) is 68.7 Å². The molecule has 0 aliphatic carbocycles. The number of hydrogen-bond acceptors (Lipinski definition) is 7. The lowest BCUT2D eigenvalue weighted by Gasteiger charge is -2.26. The number of benzene rings is 1. The molecule has 1 N–H and O–H groups in total. The molecule has 0 atom stereocenters. The van der Waals surface area contributed by atoms with Gasteiger partial charge in [0.2, 0.25) is 0 Å². The molecule has 7 nitrogen and oxygen atoms in total. The predicted molar refractivity (Wildman–Crippen MR) is 123 cm³/mol. The number of morpholine rings is 1. The minimum absolute atomic E-state index is 0.436. The Morgan fingerprint density at radius 3 is 2.65 bits per heavy atom. The normalized spacial score (nSPS) is 14.5. The predicted octanol–water partition coefficient (Wildman–Crippen LogP) is 4.79. The Kier molecular flexibility index (Phi) is 7.29. The van der Waals surface area contributed by atoms with Gasteiger partial charge in [0.15, 0.2) is 11.5 Å². The zero-order chi connectivity index (χ0) is 21.6. The van der Waals surface area contributed by atoms with Crippen LogP contribution in [0.15, 0.2) is 36.8 Å². The molecule has 0 bridgehead atoms.